The second-order valence-electron chi connectivity index (χ2n) is 6.44. The van der Waals surface area contributed by atoms with E-state index in [0.29, 0.717) is 18.9 Å². The fourth-order valence-corrected chi connectivity index (χ4v) is 2.90. The third-order valence-corrected chi connectivity index (χ3v) is 4.49. The molecule has 0 spiro atoms. The van der Waals surface area contributed by atoms with Crippen LogP contribution in [-0.4, -0.2) is 23.3 Å². The number of rotatable bonds is 6. The van der Waals surface area contributed by atoms with Crippen LogP contribution in [0.15, 0.2) is 69.9 Å². The van der Waals surface area contributed by atoms with Crippen molar-refractivity contribution in [1.82, 2.24) is 4.98 Å². The molecular weight excluding hydrogens is 326 g/mol. The fourth-order valence-electron chi connectivity index (χ4n) is 2.90. The number of aliphatic hydroxyl groups is 1. The summed E-state index contributed by atoms with van der Waals surface area (Å²) in [6, 6.07) is 9.91. The fraction of sp³-hybridized carbons (Fsp3) is 0.318. The van der Waals surface area contributed by atoms with Crippen LogP contribution in [0.2, 0.25) is 0 Å². The maximum Gasteiger partial charge on any atom is 0.226 e. The molecule has 0 bridgehead atoms. The molecule has 0 atom stereocenters. The van der Waals surface area contributed by atoms with Crippen molar-refractivity contribution in [2.75, 3.05) is 13.2 Å². The van der Waals surface area contributed by atoms with Gasteiger partial charge in [-0.2, -0.15) is 0 Å². The quantitative estimate of drug-likeness (QED) is 0.816. The average molecular weight is 351 g/mol. The van der Waals surface area contributed by atoms with E-state index < -0.39 is 0 Å². The lowest BCUT2D eigenvalue weighted by molar-refractivity contribution is 0.222. The van der Waals surface area contributed by atoms with E-state index in [1.54, 1.807) is 0 Å². The van der Waals surface area contributed by atoms with Crippen LogP contribution in [0.4, 0.5) is 0 Å². The molecule has 1 N–H and O–H groups in total. The zero-order valence-electron chi connectivity index (χ0n) is 15.4. The molecule has 26 heavy (non-hydrogen) atoms. The van der Waals surface area contributed by atoms with Crippen molar-refractivity contribution in [1.29, 1.82) is 0 Å². The van der Waals surface area contributed by atoms with Crippen LogP contribution in [0.1, 0.15) is 31.2 Å². The first-order valence-corrected chi connectivity index (χ1v) is 8.99. The average Bonchev–Trinajstić information content (AvgIpc) is 3.02. The predicted octanol–water partition coefficient (Wildman–Crippen LogP) is 4.75. The third kappa shape index (κ3) is 4.52. The van der Waals surface area contributed by atoms with E-state index in [4.69, 9.17) is 9.15 Å². The Morgan fingerprint density at radius 2 is 1.96 bits per heavy atom. The largest absolute Gasteiger partial charge is 0.493 e. The SMILES string of the molecule is CC1=C(OCCc2nc(-c3ccccc3)oc2C)C=CC(CO)=CCC1. The summed E-state index contributed by atoms with van der Waals surface area (Å²) in [5.74, 6) is 2.36. The van der Waals surface area contributed by atoms with Crippen molar-refractivity contribution in [2.45, 2.75) is 33.1 Å². The Kier molecular flexibility index (Phi) is 6.08. The van der Waals surface area contributed by atoms with Gasteiger partial charge in [0.15, 0.2) is 0 Å². The van der Waals surface area contributed by atoms with Crippen molar-refractivity contribution >= 4 is 0 Å². The lowest BCUT2D eigenvalue weighted by Gasteiger charge is -2.13. The number of hydrogen-bond acceptors (Lipinski definition) is 4. The van der Waals surface area contributed by atoms with Crippen molar-refractivity contribution in [3.05, 3.63) is 76.9 Å². The lowest BCUT2D eigenvalue weighted by atomic mass is 10.0. The summed E-state index contributed by atoms with van der Waals surface area (Å²) < 4.78 is 11.8. The van der Waals surface area contributed by atoms with Crippen molar-refractivity contribution in [3.63, 3.8) is 0 Å². The molecule has 0 saturated carbocycles. The topological polar surface area (TPSA) is 55.5 Å². The smallest absolute Gasteiger partial charge is 0.226 e. The molecule has 1 aliphatic carbocycles. The molecule has 1 aromatic heterocycles. The predicted molar refractivity (Wildman–Crippen MR) is 103 cm³/mol. The summed E-state index contributed by atoms with van der Waals surface area (Å²) in [7, 11) is 0. The van der Waals surface area contributed by atoms with Crippen LogP contribution in [0.5, 0.6) is 0 Å². The minimum absolute atomic E-state index is 0.0588. The molecule has 3 rings (SSSR count). The van der Waals surface area contributed by atoms with Crippen molar-refractivity contribution < 1.29 is 14.3 Å². The van der Waals surface area contributed by atoms with Gasteiger partial charge < -0.3 is 14.3 Å². The van der Waals surface area contributed by atoms with Crippen LogP contribution < -0.4 is 0 Å². The molecule has 4 heteroatoms. The highest BCUT2D eigenvalue weighted by Gasteiger charge is 2.12. The third-order valence-electron chi connectivity index (χ3n) is 4.49. The molecule has 0 unspecified atom stereocenters. The minimum atomic E-state index is 0.0588. The van der Waals surface area contributed by atoms with Gasteiger partial charge in [0, 0.05) is 12.0 Å². The molecule has 0 saturated heterocycles. The monoisotopic (exact) mass is 351 g/mol. The van der Waals surface area contributed by atoms with Gasteiger partial charge in [-0.1, -0.05) is 30.4 Å². The Morgan fingerprint density at radius 3 is 2.73 bits per heavy atom. The van der Waals surface area contributed by atoms with E-state index in [9.17, 15) is 5.11 Å². The Balaban J connectivity index is 1.64. The Bertz CT molecular complexity index is 828. The number of aromatic nitrogens is 1. The molecule has 0 radical (unpaired) electrons. The van der Waals surface area contributed by atoms with E-state index in [0.717, 1.165) is 41.2 Å². The minimum Gasteiger partial charge on any atom is -0.493 e. The van der Waals surface area contributed by atoms with Gasteiger partial charge >= 0.3 is 0 Å². The van der Waals surface area contributed by atoms with E-state index in [1.807, 2.05) is 49.4 Å². The zero-order chi connectivity index (χ0) is 18.4. The van der Waals surface area contributed by atoms with E-state index >= 15 is 0 Å². The van der Waals surface area contributed by atoms with Gasteiger partial charge in [0.05, 0.1) is 18.9 Å². The molecule has 136 valence electrons. The summed E-state index contributed by atoms with van der Waals surface area (Å²) in [4.78, 5) is 4.62. The van der Waals surface area contributed by atoms with E-state index in [-0.39, 0.29) is 6.61 Å². The molecule has 1 aromatic carbocycles. The number of nitrogens with zero attached hydrogens (tertiary/aromatic N) is 1. The lowest BCUT2D eigenvalue weighted by Crippen LogP contribution is -2.02. The zero-order valence-corrected chi connectivity index (χ0v) is 15.4. The van der Waals surface area contributed by atoms with Gasteiger partial charge in [-0.25, -0.2) is 4.98 Å². The van der Waals surface area contributed by atoms with Gasteiger partial charge in [0.25, 0.3) is 0 Å². The first kappa shape index (κ1) is 18.2. The molecule has 4 nitrogen and oxygen atoms in total. The highest BCUT2D eigenvalue weighted by Crippen LogP contribution is 2.23. The highest BCUT2D eigenvalue weighted by molar-refractivity contribution is 5.53. The van der Waals surface area contributed by atoms with E-state index in [2.05, 4.69) is 18.0 Å². The number of aryl methyl sites for hydroxylation is 1. The number of benzene rings is 1. The summed E-state index contributed by atoms with van der Waals surface area (Å²) in [6.45, 7) is 4.62. The van der Waals surface area contributed by atoms with Crippen LogP contribution in [0, 0.1) is 6.92 Å². The highest BCUT2D eigenvalue weighted by atomic mass is 16.5. The van der Waals surface area contributed by atoms with Gasteiger partial charge in [-0.15, -0.1) is 0 Å². The number of hydrogen-bond donors (Lipinski definition) is 1. The number of ether oxygens (including phenoxy) is 1. The Labute approximate surface area is 154 Å². The second-order valence-corrected chi connectivity index (χ2v) is 6.44. The molecule has 0 aliphatic heterocycles. The number of allylic oxidation sites excluding steroid dienone is 3. The van der Waals surface area contributed by atoms with Crippen LogP contribution in [0.25, 0.3) is 11.5 Å². The first-order chi connectivity index (χ1) is 12.7. The molecule has 1 aliphatic rings. The number of oxazole rings is 1. The van der Waals surface area contributed by atoms with Crippen LogP contribution >= 0.6 is 0 Å². The summed E-state index contributed by atoms with van der Waals surface area (Å²) in [5, 5.41) is 9.32. The van der Waals surface area contributed by atoms with Crippen LogP contribution in [0.3, 0.4) is 0 Å². The van der Waals surface area contributed by atoms with Gasteiger partial charge in [0.1, 0.15) is 11.5 Å². The van der Waals surface area contributed by atoms with Crippen molar-refractivity contribution in [2.24, 2.45) is 0 Å². The number of aliphatic hydroxyl groups excluding tert-OH is 1. The molecular formula is C22H25NO3. The van der Waals surface area contributed by atoms with Crippen molar-refractivity contribution in [3.8, 4) is 11.5 Å². The Hall–Kier alpha value is -2.59. The van der Waals surface area contributed by atoms with Gasteiger partial charge in [-0.05, 0) is 56.0 Å². The maximum absolute atomic E-state index is 9.32. The molecule has 2 aromatic rings. The van der Waals surface area contributed by atoms with Crippen LogP contribution in [-0.2, 0) is 11.2 Å². The maximum atomic E-state index is 9.32. The standard InChI is InChI=1S/C22H25NO3/c1-16-7-6-8-18(15-24)11-12-21(16)25-14-13-20-17(2)26-22(23-20)19-9-4-3-5-10-19/h3-5,8-12,24H,6-7,13-15H2,1-2H3. The summed E-state index contributed by atoms with van der Waals surface area (Å²) in [6.07, 6.45) is 8.48. The van der Waals surface area contributed by atoms with E-state index in [1.165, 1.54) is 5.57 Å². The molecule has 0 fully saturated rings. The van der Waals surface area contributed by atoms with Gasteiger partial charge in [-0.3, -0.25) is 0 Å². The van der Waals surface area contributed by atoms with Gasteiger partial charge in [0.2, 0.25) is 5.89 Å². The summed E-state index contributed by atoms with van der Waals surface area (Å²) in [5.41, 5.74) is 4.05. The summed E-state index contributed by atoms with van der Waals surface area (Å²) >= 11 is 0. The second kappa shape index (κ2) is 8.68. The normalized spacial score (nSPS) is 14.8. The molecule has 0 amide bonds. The molecule has 1 heterocycles. The first-order valence-electron chi connectivity index (χ1n) is 8.99. The Morgan fingerprint density at radius 1 is 1.15 bits per heavy atom.